The van der Waals surface area contributed by atoms with E-state index in [0.29, 0.717) is 23.0 Å². The van der Waals surface area contributed by atoms with Crippen molar-refractivity contribution in [3.8, 4) is 0 Å². The number of hydrogen-bond donors (Lipinski definition) is 1. The van der Waals surface area contributed by atoms with Crippen LogP contribution >= 0.6 is 0 Å². The average Bonchev–Trinajstić information content (AvgIpc) is 2.94. The highest BCUT2D eigenvalue weighted by Crippen LogP contribution is 2.53. The summed E-state index contributed by atoms with van der Waals surface area (Å²) in [7, 11) is -2.86. The molecular formula is C17H30N2O3S. The molecule has 4 rings (SSSR count). The molecule has 3 atom stereocenters. The average molecular weight is 343 g/mol. The maximum absolute atomic E-state index is 12.1. The molecular weight excluding hydrogens is 312 g/mol. The van der Waals surface area contributed by atoms with Gasteiger partial charge in [0, 0.05) is 30.5 Å². The molecule has 4 heterocycles. The Labute approximate surface area is 140 Å². The van der Waals surface area contributed by atoms with Crippen LogP contribution in [0.3, 0.4) is 0 Å². The smallest absolute Gasteiger partial charge is 0.151 e. The molecule has 1 N–H and O–H groups in total. The molecule has 0 aliphatic carbocycles. The number of likely N-dealkylation sites (tertiary alicyclic amines) is 1. The van der Waals surface area contributed by atoms with E-state index in [-0.39, 0.29) is 10.8 Å². The van der Waals surface area contributed by atoms with Gasteiger partial charge in [0.05, 0.1) is 24.2 Å². The van der Waals surface area contributed by atoms with Gasteiger partial charge in [-0.05, 0) is 37.8 Å². The van der Waals surface area contributed by atoms with Gasteiger partial charge in [-0.3, -0.25) is 4.90 Å². The van der Waals surface area contributed by atoms with Crippen LogP contribution in [0.15, 0.2) is 0 Å². The van der Waals surface area contributed by atoms with Gasteiger partial charge in [-0.1, -0.05) is 13.8 Å². The van der Waals surface area contributed by atoms with Crippen LogP contribution in [0.1, 0.15) is 33.1 Å². The molecule has 0 bridgehead atoms. The topological polar surface area (TPSA) is 58.6 Å². The van der Waals surface area contributed by atoms with E-state index in [1.54, 1.807) is 0 Å². The highest BCUT2D eigenvalue weighted by molar-refractivity contribution is 7.91. The Morgan fingerprint density at radius 2 is 1.74 bits per heavy atom. The van der Waals surface area contributed by atoms with E-state index in [9.17, 15) is 8.42 Å². The zero-order chi connectivity index (χ0) is 16.3. The molecule has 0 aromatic rings. The van der Waals surface area contributed by atoms with E-state index < -0.39 is 9.84 Å². The number of hydrogen-bond acceptors (Lipinski definition) is 5. The molecule has 4 aliphatic rings. The van der Waals surface area contributed by atoms with Gasteiger partial charge in [0.2, 0.25) is 0 Å². The Hall–Kier alpha value is -0.170. The van der Waals surface area contributed by atoms with Gasteiger partial charge in [0.25, 0.3) is 0 Å². The van der Waals surface area contributed by atoms with Crippen LogP contribution < -0.4 is 5.32 Å². The third kappa shape index (κ3) is 2.75. The maximum atomic E-state index is 12.1. The number of sulfone groups is 1. The standard InChI is InChI=1S/C17H30N2O3S/c1-15-9-19(10-16(15,2)13-23(20,21)12-15)8-14-7-17(11-22-14)3-5-18-6-4-17/h14,18H,3-13H2,1-2H3/t14?,15-,16+. The molecule has 0 aromatic heterocycles. The molecule has 4 aliphatic heterocycles. The number of rotatable bonds is 2. The molecule has 0 radical (unpaired) electrons. The maximum Gasteiger partial charge on any atom is 0.151 e. The lowest BCUT2D eigenvalue weighted by Gasteiger charge is -2.32. The van der Waals surface area contributed by atoms with Crippen molar-refractivity contribution in [3.63, 3.8) is 0 Å². The number of nitrogens with zero attached hydrogens (tertiary/aromatic N) is 1. The molecule has 6 heteroatoms. The summed E-state index contributed by atoms with van der Waals surface area (Å²) in [5.41, 5.74) is 0.233. The number of piperidine rings is 1. The van der Waals surface area contributed by atoms with E-state index in [4.69, 9.17) is 4.74 Å². The number of fused-ring (bicyclic) bond motifs is 1. The van der Waals surface area contributed by atoms with Gasteiger partial charge in [-0.25, -0.2) is 8.42 Å². The van der Waals surface area contributed by atoms with Gasteiger partial charge in [-0.15, -0.1) is 0 Å². The molecule has 5 nitrogen and oxygen atoms in total. The molecule has 132 valence electrons. The molecule has 0 amide bonds. The second-order valence-corrected chi connectivity index (χ2v) is 11.3. The van der Waals surface area contributed by atoms with E-state index in [2.05, 4.69) is 24.1 Å². The van der Waals surface area contributed by atoms with Crippen LogP contribution in [0.5, 0.6) is 0 Å². The van der Waals surface area contributed by atoms with Gasteiger partial charge in [0.1, 0.15) is 0 Å². The van der Waals surface area contributed by atoms with Crippen LogP contribution in [-0.4, -0.2) is 70.3 Å². The SMILES string of the molecule is C[C@@]12CN(CC3CC4(CCNCC4)CO3)C[C@]1(C)CS(=O)(=O)C2. The largest absolute Gasteiger partial charge is 0.376 e. The highest BCUT2D eigenvalue weighted by Gasteiger charge is 2.60. The van der Waals surface area contributed by atoms with Crippen molar-refractivity contribution in [2.75, 3.05) is 50.8 Å². The second kappa shape index (κ2) is 5.16. The number of nitrogens with one attached hydrogen (secondary N) is 1. The van der Waals surface area contributed by atoms with Gasteiger partial charge >= 0.3 is 0 Å². The van der Waals surface area contributed by atoms with E-state index in [0.717, 1.165) is 39.3 Å². The quantitative estimate of drug-likeness (QED) is 0.808. The molecule has 0 aromatic carbocycles. The summed E-state index contributed by atoms with van der Waals surface area (Å²) in [6, 6.07) is 0. The minimum atomic E-state index is -2.86. The molecule has 4 saturated heterocycles. The monoisotopic (exact) mass is 342 g/mol. The van der Waals surface area contributed by atoms with Crippen molar-refractivity contribution < 1.29 is 13.2 Å². The second-order valence-electron chi connectivity index (χ2n) is 9.21. The van der Waals surface area contributed by atoms with Crippen LogP contribution in [0.25, 0.3) is 0 Å². The van der Waals surface area contributed by atoms with Gasteiger partial charge in [0.15, 0.2) is 9.84 Å². The predicted molar refractivity (Wildman–Crippen MR) is 90.2 cm³/mol. The van der Waals surface area contributed by atoms with E-state index in [1.807, 2.05) is 0 Å². The molecule has 1 spiro atoms. The zero-order valence-electron chi connectivity index (χ0n) is 14.4. The van der Waals surface area contributed by atoms with Crippen molar-refractivity contribution in [1.82, 2.24) is 10.2 Å². The van der Waals surface area contributed by atoms with Crippen molar-refractivity contribution in [3.05, 3.63) is 0 Å². The summed E-state index contributed by atoms with van der Waals surface area (Å²) in [4.78, 5) is 2.47. The lowest BCUT2D eigenvalue weighted by atomic mass is 9.71. The van der Waals surface area contributed by atoms with Crippen LogP contribution in [-0.2, 0) is 14.6 Å². The lowest BCUT2D eigenvalue weighted by Crippen LogP contribution is -2.38. The fourth-order valence-corrected chi connectivity index (χ4v) is 8.54. The lowest BCUT2D eigenvalue weighted by molar-refractivity contribution is 0.0643. The highest BCUT2D eigenvalue weighted by atomic mass is 32.2. The fourth-order valence-electron chi connectivity index (χ4n) is 5.62. The summed E-state index contributed by atoms with van der Waals surface area (Å²) in [5, 5.41) is 3.45. The first-order valence-electron chi connectivity index (χ1n) is 8.99. The zero-order valence-corrected chi connectivity index (χ0v) is 15.3. The Bertz CT molecular complexity index is 561. The Balaban J connectivity index is 1.39. The Morgan fingerprint density at radius 1 is 1.13 bits per heavy atom. The molecule has 23 heavy (non-hydrogen) atoms. The van der Waals surface area contributed by atoms with Crippen molar-refractivity contribution >= 4 is 9.84 Å². The Morgan fingerprint density at radius 3 is 2.35 bits per heavy atom. The third-order valence-electron chi connectivity index (χ3n) is 7.09. The van der Waals surface area contributed by atoms with E-state index in [1.165, 1.54) is 19.3 Å². The fraction of sp³-hybridized carbons (Fsp3) is 1.00. The van der Waals surface area contributed by atoms with Gasteiger partial charge < -0.3 is 10.1 Å². The summed E-state index contributed by atoms with van der Waals surface area (Å²) in [6.07, 6.45) is 3.97. The van der Waals surface area contributed by atoms with Crippen LogP contribution in [0, 0.1) is 16.2 Å². The first-order chi connectivity index (χ1) is 10.7. The van der Waals surface area contributed by atoms with Gasteiger partial charge in [-0.2, -0.15) is 0 Å². The minimum Gasteiger partial charge on any atom is -0.376 e. The van der Waals surface area contributed by atoms with Crippen molar-refractivity contribution in [2.24, 2.45) is 16.2 Å². The van der Waals surface area contributed by atoms with E-state index >= 15 is 0 Å². The third-order valence-corrected chi connectivity index (χ3v) is 9.25. The minimum absolute atomic E-state index is 0.0864. The van der Waals surface area contributed by atoms with Crippen LogP contribution in [0.2, 0.25) is 0 Å². The molecule has 4 fully saturated rings. The number of ether oxygens (including phenoxy) is 1. The Kier molecular flexibility index (Phi) is 3.66. The summed E-state index contributed by atoms with van der Waals surface area (Å²) in [6.45, 7) is 10.3. The molecule has 1 unspecified atom stereocenters. The predicted octanol–water partition coefficient (Wildman–Crippen LogP) is 0.902. The van der Waals surface area contributed by atoms with Crippen LogP contribution in [0.4, 0.5) is 0 Å². The normalized spacial score (nSPS) is 45.6. The first-order valence-corrected chi connectivity index (χ1v) is 10.8. The van der Waals surface area contributed by atoms with Crippen molar-refractivity contribution in [1.29, 1.82) is 0 Å². The molecule has 0 saturated carbocycles. The summed E-state index contributed by atoms with van der Waals surface area (Å²) >= 11 is 0. The summed E-state index contributed by atoms with van der Waals surface area (Å²) in [5.74, 6) is 0.711. The van der Waals surface area contributed by atoms with Crippen molar-refractivity contribution in [2.45, 2.75) is 39.2 Å². The first kappa shape index (κ1) is 16.3. The summed E-state index contributed by atoms with van der Waals surface area (Å²) < 4.78 is 30.3.